The van der Waals surface area contributed by atoms with E-state index in [0.29, 0.717) is 6.04 Å². The fraction of sp³-hybridized carbons (Fsp3) is 0.269. The van der Waals surface area contributed by atoms with Crippen LogP contribution < -0.4 is 5.32 Å². The first kappa shape index (κ1) is 19.4. The lowest BCUT2D eigenvalue weighted by atomic mass is 10.0. The van der Waals surface area contributed by atoms with Gasteiger partial charge in [0.2, 0.25) is 0 Å². The molecule has 1 saturated heterocycles. The van der Waals surface area contributed by atoms with Gasteiger partial charge in [-0.2, -0.15) is 0 Å². The standard InChI is InChI=1S/C26H27N3S/c1-2-7-20(8-3-1)19-29-15-13-22(14-16-29)27-18-26-28-17-25(30-26)24-12-6-10-21-9-4-5-11-23(21)24/h1-12,17,22,27H,13-16,18-19H2. The van der Waals surface area contributed by atoms with Crippen LogP contribution in [0.25, 0.3) is 21.2 Å². The van der Waals surface area contributed by atoms with Gasteiger partial charge >= 0.3 is 0 Å². The number of aromatic nitrogens is 1. The number of hydrogen-bond acceptors (Lipinski definition) is 4. The number of benzene rings is 3. The molecule has 152 valence electrons. The highest BCUT2D eigenvalue weighted by atomic mass is 32.1. The first-order valence-corrected chi connectivity index (χ1v) is 11.6. The number of thiazole rings is 1. The molecule has 1 aromatic heterocycles. The van der Waals surface area contributed by atoms with Crippen molar-refractivity contribution in [2.75, 3.05) is 13.1 Å². The van der Waals surface area contributed by atoms with Gasteiger partial charge in [-0.25, -0.2) is 4.98 Å². The largest absolute Gasteiger partial charge is 0.308 e. The Bertz CT molecular complexity index is 1090. The Morgan fingerprint density at radius 1 is 0.900 bits per heavy atom. The van der Waals surface area contributed by atoms with Gasteiger partial charge in [-0.3, -0.25) is 4.90 Å². The lowest BCUT2D eigenvalue weighted by molar-refractivity contribution is 0.190. The van der Waals surface area contributed by atoms with Crippen LogP contribution in [0.4, 0.5) is 0 Å². The third-order valence-electron chi connectivity index (χ3n) is 5.99. The summed E-state index contributed by atoms with van der Waals surface area (Å²) in [5.41, 5.74) is 2.69. The van der Waals surface area contributed by atoms with Crippen LogP contribution in [0, 0.1) is 0 Å². The van der Waals surface area contributed by atoms with Gasteiger partial charge in [0.05, 0.1) is 4.88 Å². The van der Waals surface area contributed by atoms with E-state index in [2.05, 4.69) is 83.0 Å². The summed E-state index contributed by atoms with van der Waals surface area (Å²) in [5.74, 6) is 0. The third kappa shape index (κ3) is 4.46. The average molecular weight is 414 g/mol. The second kappa shape index (κ2) is 9.09. The van der Waals surface area contributed by atoms with Crippen LogP contribution in [-0.2, 0) is 13.1 Å². The fourth-order valence-corrected chi connectivity index (χ4v) is 5.23. The van der Waals surface area contributed by atoms with Gasteiger partial charge in [-0.05, 0) is 42.3 Å². The number of likely N-dealkylation sites (tertiary alicyclic amines) is 1. The molecule has 0 atom stereocenters. The molecule has 1 N–H and O–H groups in total. The molecule has 4 aromatic rings. The molecule has 0 spiro atoms. The van der Waals surface area contributed by atoms with Crippen molar-refractivity contribution in [3.05, 3.63) is 89.6 Å². The lowest BCUT2D eigenvalue weighted by Gasteiger charge is -2.32. The van der Waals surface area contributed by atoms with E-state index in [1.807, 2.05) is 17.5 Å². The zero-order valence-corrected chi connectivity index (χ0v) is 17.9. The van der Waals surface area contributed by atoms with Crippen LogP contribution in [0.15, 0.2) is 79.0 Å². The highest BCUT2D eigenvalue weighted by Gasteiger charge is 2.19. The van der Waals surface area contributed by atoms with E-state index in [9.17, 15) is 0 Å². The van der Waals surface area contributed by atoms with Crippen molar-refractivity contribution in [1.82, 2.24) is 15.2 Å². The van der Waals surface area contributed by atoms with Crippen molar-refractivity contribution in [2.45, 2.75) is 32.0 Å². The van der Waals surface area contributed by atoms with Gasteiger partial charge < -0.3 is 5.32 Å². The molecular weight excluding hydrogens is 386 g/mol. The topological polar surface area (TPSA) is 28.2 Å². The molecule has 0 unspecified atom stereocenters. The van der Waals surface area contributed by atoms with E-state index in [1.54, 1.807) is 0 Å². The Balaban J connectivity index is 1.16. The third-order valence-corrected chi connectivity index (χ3v) is 7.02. The molecule has 0 radical (unpaired) electrons. The number of nitrogens with one attached hydrogen (secondary N) is 1. The molecule has 0 saturated carbocycles. The van der Waals surface area contributed by atoms with E-state index in [4.69, 9.17) is 4.98 Å². The Hall–Kier alpha value is -2.53. The maximum Gasteiger partial charge on any atom is 0.107 e. The van der Waals surface area contributed by atoms with Gasteiger partial charge in [0, 0.05) is 30.9 Å². The molecule has 1 aliphatic rings. The summed E-state index contributed by atoms with van der Waals surface area (Å²) >= 11 is 1.81. The van der Waals surface area contributed by atoms with Crippen LogP contribution >= 0.6 is 11.3 Å². The summed E-state index contributed by atoms with van der Waals surface area (Å²) in [6.07, 6.45) is 4.44. The number of nitrogens with zero attached hydrogens (tertiary/aromatic N) is 2. The molecule has 0 aliphatic carbocycles. The smallest absolute Gasteiger partial charge is 0.107 e. The van der Waals surface area contributed by atoms with Crippen molar-refractivity contribution in [2.24, 2.45) is 0 Å². The van der Waals surface area contributed by atoms with Crippen molar-refractivity contribution in [3.63, 3.8) is 0 Å². The summed E-state index contributed by atoms with van der Waals surface area (Å²) in [6.45, 7) is 4.24. The second-order valence-electron chi connectivity index (χ2n) is 8.06. The van der Waals surface area contributed by atoms with Crippen molar-refractivity contribution in [1.29, 1.82) is 0 Å². The molecule has 1 aliphatic heterocycles. The highest BCUT2D eigenvalue weighted by Crippen LogP contribution is 2.32. The van der Waals surface area contributed by atoms with Gasteiger partial charge in [0.25, 0.3) is 0 Å². The summed E-state index contributed by atoms with van der Waals surface area (Å²) in [5, 5.41) is 7.50. The number of fused-ring (bicyclic) bond motifs is 1. The second-order valence-corrected chi connectivity index (χ2v) is 9.18. The van der Waals surface area contributed by atoms with Gasteiger partial charge in [-0.1, -0.05) is 72.8 Å². The molecule has 5 rings (SSSR count). The summed E-state index contributed by atoms with van der Waals surface area (Å²) in [6, 6.07) is 26.5. The monoisotopic (exact) mass is 413 g/mol. The molecule has 3 nitrogen and oxygen atoms in total. The average Bonchev–Trinajstić information content (AvgIpc) is 3.28. The Morgan fingerprint density at radius 2 is 1.67 bits per heavy atom. The number of hydrogen-bond donors (Lipinski definition) is 1. The zero-order chi connectivity index (χ0) is 20.2. The SMILES string of the molecule is c1ccc(CN2CCC(NCc3ncc(-c4cccc5ccccc45)s3)CC2)cc1. The quantitative estimate of drug-likeness (QED) is 0.438. The first-order valence-electron chi connectivity index (χ1n) is 10.8. The van der Waals surface area contributed by atoms with E-state index < -0.39 is 0 Å². The van der Waals surface area contributed by atoms with E-state index in [0.717, 1.165) is 26.2 Å². The number of rotatable bonds is 6. The van der Waals surface area contributed by atoms with Gasteiger partial charge in [0.15, 0.2) is 0 Å². The van der Waals surface area contributed by atoms with Crippen LogP contribution in [0.3, 0.4) is 0 Å². The van der Waals surface area contributed by atoms with Crippen molar-refractivity contribution in [3.8, 4) is 10.4 Å². The van der Waals surface area contributed by atoms with Gasteiger partial charge in [-0.15, -0.1) is 11.3 Å². The maximum absolute atomic E-state index is 4.70. The Morgan fingerprint density at radius 3 is 2.53 bits per heavy atom. The normalized spacial score (nSPS) is 15.6. The van der Waals surface area contributed by atoms with Crippen LogP contribution in [-0.4, -0.2) is 29.0 Å². The lowest BCUT2D eigenvalue weighted by Crippen LogP contribution is -2.41. The highest BCUT2D eigenvalue weighted by molar-refractivity contribution is 7.15. The maximum atomic E-state index is 4.70. The van der Waals surface area contributed by atoms with Crippen molar-refractivity contribution < 1.29 is 0 Å². The minimum Gasteiger partial charge on any atom is -0.308 e. The predicted molar refractivity (Wildman–Crippen MR) is 127 cm³/mol. The molecular formula is C26H27N3S. The molecule has 3 aromatic carbocycles. The Kier molecular flexibility index (Phi) is 5.89. The van der Waals surface area contributed by atoms with Crippen LogP contribution in [0.5, 0.6) is 0 Å². The molecule has 30 heavy (non-hydrogen) atoms. The minimum absolute atomic E-state index is 0.585. The number of piperidine rings is 1. The fourth-order valence-electron chi connectivity index (χ4n) is 4.33. The predicted octanol–water partition coefficient (Wildman–Crippen LogP) is 5.72. The Labute approximate surface area is 182 Å². The molecule has 2 heterocycles. The van der Waals surface area contributed by atoms with Crippen LogP contribution in [0.1, 0.15) is 23.4 Å². The zero-order valence-electron chi connectivity index (χ0n) is 17.1. The summed E-state index contributed by atoms with van der Waals surface area (Å²) in [7, 11) is 0. The van der Waals surface area contributed by atoms with E-state index in [1.165, 1.54) is 44.6 Å². The molecule has 0 bridgehead atoms. The summed E-state index contributed by atoms with van der Waals surface area (Å²) in [4.78, 5) is 8.52. The van der Waals surface area contributed by atoms with Crippen molar-refractivity contribution >= 4 is 22.1 Å². The van der Waals surface area contributed by atoms with Gasteiger partial charge in [0.1, 0.15) is 5.01 Å². The first-order chi connectivity index (χ1) is 14.8. The van der Waals surface area contributed by atoms with E-state index in [-0.39, 0.29) is 0 Å². The van der Waals surface area contributed by atoms with E-state index >= 15 is 0 Å². The molecule has 1 fully saturated rings. The molecule has 0 amide bonds. The minimum atomic E-state index is 0.585. The molecule has 4 heteroatoms. The van der Waals surface area contributed by atoms with Crippen LogP contribution in [0.2, 0.25) is 0 Å². The summed E-state index contributed by atoms with van der Waals surface area (Å²) < 4.78 is 0.